The molecule has 0 aromatic heterocycles. The second kappa shape index (κ2) is 12.2. The molecule has 1 radical (unpaired) electrons. The van der Waals surface area contributed by atoms with Gasteiger partial charge in [-0.2, -0.15) is 61.5 Å². The summed E-state index contributed by atoms with van der Waals surface area (Å²) in [5, 5.41) is 17.4. The predicted molar refractivity (Wildman–Crippen MR) is 102 cm³/mol. The average molecular weight is 656 g/mol. The summed E-state index contributed by atoms with van der Waals surface area (Å²) in [5.41, 5.74) is -2.64. The van der Waals surface area contributed by atoms with Crippen LogP contribution in [0, 0.1) is 10.8 Å². The Balaban J connectivity index is -0.000000648. The van der Waals surface area contributed by atoms with Crippen molar-refractivity contribution in [3.05, 3.63) is 23.7 Å². The van der Waals surface area contributed by atoms with Crippen molar-refractivity contribution in [1.29, 1.82) is 0 Å². The van der Waals surface area contributed by atoms with Crippen molar-refractivity contribution in [1.82, 2.24) is 0 Å². The largest absolute Gasteiger partial charge is 0.506 e. The SMILES string of the molecule is CC(C)(C)C(=O)/C=C(/O)C(F)(F)C(F)(F)C(F)(F)F.CC(C)(C)C(=O)/C=C(\O)C(F)(F)C(F)(F)C(F)(F)F.[Cu]. The molecule has 0 atom stereocenters. The number of hydrogen-bond donors (Lipinski definition) is 2. The van der Waals surface area contributed by atoms with Crippen LogP contribution in [0.25, 0.3) is 0 Å². The van der Waals surface area contributed by atoms with Crippen LogP contribution in [0.5, 0.6) is 0 Å². The molecule has 0 aliphatic carbocycles. The van der Waals surface area contributed by atoms with E-state index in [4.69, 9.17) is 10.2 Å². The normalized spacial score (nSPS) is 15.2. The first kappa shape index (κ1) is 41.4. The van der Waals surface area contributed by atoms with E-state index in [0.29, 0.717) is 0 Å². The van der Waals surface area contributed by atoms with Gasteiger partial charge in [0.05, 0.1) is 0 Å². The standard InChI is InChI=1S/2C10H11F7O2.Cu/c2*1-7(2,3)5(18)4-6(19)8(11,12)9(13,14)10(15,16)17;/h2*4,19H,1-3H3;/b6-4+;6-4-;. The van der Waals surface area contributed by atoms with Crippen LogP contribution in [0.1, 0.15) is 41.5 Å². The monoisotopic (exact) mass is 655 g/mol. The molecular weight excluding hydrogens is 634 g/mol. The Bertz CT molecular complexity index is 858. The van der Waals surface area contributed by atoms with Crippen molar-refractivity contribution in [2.75, 3.05) is 0 Å². The van der Waals surface area contributed by atoms with Crippen molar-refractivity contribution in [3.8, 4) is 0 Å². The van der Waals surface area contributed by atoms with E-state index in [-0.39, 0.29) is 29.2 Å². The van der Waals surface area contributed by atoms with Crippen LogP contribution in [-0.2, 0) is 26.7 Å². The van der Waals surface area contributed by atoms with E-state index in [0.717, 1.165) is 0 Å². The van der Waals surface area contributed by atoms with Gasteiger partial charge in [-0.05, 0) is 0 Å². The summed E-state index contributed by atoms with van der Waals surface area (Å²) in [6.07, 6.45) is -13.8. The number of carbonyl (C=O) groups excluding carboxylic acids is 2. The first-order valence-corrected chi connectivity index (χ1v) is 9.66. The minimum absolute atomic E-state index is 0. The van der Waals surface area contributed by atoms with Crippen LogP contribution in [0.2, 0.25) is 0 Å². The summed E-state index contributed by atoms with van der Waals surface area (Å²) in [6, 6.07) is 0. The van der Waals surface area contributed by atoms with E-state index < -0.39 is 70.0 Å². The van der Waals surface area contributed by atoms with Gasteiger partial charge in [0.1, 0.15) is 0 Å². The first-order chi connectivity index (χ1) is 16.1. The number of rotatable bonds is 6. The zero-order valence-electron chi connectivity index (χ0n) is 20.5. The second-order valence-corrected chi connectivity index (χ2v) is 9.58. The Morgan fingerprint density at radius 1 is 0.487 bits per heavy atom. The van der Waals surface area contributed by atoms with Crippen molar-refractivity contribution in [3.63, 3.8) is 0 Å². The number of alkyl halides is 14. The fourth-order valence-corrected chi connectivity index (χ4v) is 1.54. The first-order valence-electron chi connectivity index (χ1n) is 9.66. The Morgan fingerprint density at radius 2 is 0.667 bits per heavy atom. The number of aliphatic hydroxyl groups is 2. The summed E-state index contributed by atoms with van der Waals surface area (Å²) in [6.45, 7) is 7.24. The number of aliphatic hydroxyl groups excluding tert-OH is 2. The van der Waals surface area contributed by atoms with Crippen LogP contribution >= 0.6 is 0 Å². The van der Waals surface area contributed by atoms with Gasteiger partial charge in [-0.3, -0.25) is 9.59 Å². The molecule has 0 spiro atoms. The van der Waals surface area contributed by atoms with Gasteiger partial charge in [0.25, 0.3) is 0 Å². The number of carbonyl (C=O) groups is 2. The van der Waals surface area contributed by atoms with E-state index >= 15 is 0 Å². The number of ketones is 2. The maximum atomic E-state index is 12.9. The third-order valence-electron chi connectivity index (χ3n) is 4.16. The number of allylic oxidation sites excluding steroid dienone is 4. The molecule has 0 rings (SSSR count). The minimum atomic E-state index is -6.57. The van der Waals surface area contributed by atoms with Crippen LogP contribution in [0.3, 0.4) is 0 Å². The molecule has 0 aliphatic heterocycles. The maximum absolute atomic E-state index is 12.9. The van der Waals surface area contributed by atoms with Gasteiger partial charge < -0.3 is 10.2 Å². The van der Waals surface area contributed by atoms with Gasteiger partial charge >= 0.3 is 36.0 Å². The third-order valence-corrected chi connectivity index (χ3v) is 4.16. The van der Waals surface area contributed by atoms with E-state index in [1.807, 2.05) is 0 Å². The second-order valence-electron chi connectivity index (χ2n) is 9.58. The smallest absolute Gasteiger partial charge is 0.460 e. The average Bonchev–Trinajstić information content (AvgIpc) is 2.64. The van der Waals surface area contributed by atoms with Crippen molar-refractivity contribution in [2.45, 2.75) is 77.6 Å². The number of halogens is 14. The Kier molecular flexibility index (Phi) is 13.0. The molecule has 39 heavy (non-hydrogen) atoms. The molecule has 0 aliphatic rings. The van der Waals surface area contributed by atoms with Crippen molar-refractivity contribution in [2.24, 2.45) is 10.8 Å². The summed E-state index contributed by atoms with van der Waals surface area (Å²) >= 11 is 0. The molecule has 0 heterocycles. The van der Waals surface area contributed by atoms with E-state index in [1.54, 1.807) is 0 Å². The number of hydrogen-bond acceptors (Lipinski definition) is 4. The fourth-order valence-electron chi connectivity index (χ4n) is 1.54. The van der Waals surface area contributed by atoms with Gasteiger partial charge in [0.15, 0.2) is 23.1 Å². The van der Waals surface area contributed by atoms with Crippen molar-refractivity contribution >= 4 is 11.6 Å². The molecule has 0 amide bonds. The molecule has 0 aromatic carbocycles. The van der Waals surface area contributed by atoms with Crippen LogP contribution in [0.15, 0.2) is 23.7 Å². The fraction of sp³-hybridized carbons (Fsp3) is 0.700. The Hall–Kier alpha value is -2.04. The van der Waals surface area contributed by atoms with E-state index in [2.05, 4.69) is 0 Å². The molecule has 19 heteroatoms. The van der Waals surface area contributed by atoms with Crippen LogP contribution < -0.4 is 0 Å². The van der Waals surface area contributed by atoms with Gasteiger partial charge in [-0.25, -0.2) is 0 Å². The van der Waals surface area contributed by atoms with Crippen molar-refractivity contribution < 1.29 is 98.3 Å². The zero-order chi connectivity index (χ0) is 31.7. The molecule has 235 valence electrons. The van der Waals surface area contributed by atoms with Crippen LogP contribution in [-0.4, -0.2) is 57.8 Å². The molecule has 0 saturated heterocycles. The topological polar surface area (TPSA) is 74.6 Å². The van der Waals surface area contributed by atoms with Crippen LogP contribution in [0.4, 0.5) is 61.5 Å². The Morgan fingerprint density at radius 3 is 0.795 bits per heavy atom. The summed E-state index contributed by atoms with van der Waals surface area (Å²) in [4.78, 5) is 22.4. The summed E-state index contributed by atoms with van der Waals surface area (Å²) < 4.78 is 173. The summed E-state index contributed by atoms with van der Waals surface area (Å²) in [5.74, 6) is -32.5. The van der Waals surface area contributed by atoms with E-state index in [9.17, 15) is 71.1 Å². The van der Waals surface area contributed by atoms with Gasteiger partial charge in [0.2, 0.25) is 0 Å². The minimum Gasteiger partial charge on any atom is -0.506 e. The maximum Gasteiger partial charge on any atom is 0.460 e. The van der Waals surface area contributed by atoms with Gasteiger partial charge in [0, 0.05) is 40.1 Å². The molecule has 0 fully saturated rings. The molecule has 4 nitrogen and oxygen atoms in total. The summed E-state index contributed by atoms with van der Waals surface area (Å²) in [7, 11) is 0. The molecule has 2 N–H and O–H groups in total. The molecule has 0 unspecified atom stereocenters. The Labute approximate surface area is 222 Å². The predicted octanol–water partition coefficient (Wildman–Crippen LogP) is 7.75. The quantitative estimate of drug-likeness (QED) is 0.133. The molecular formula is C20H22CuF14O4. The zero-order valence-corrected chi connectivity index (χ0v) is 21.4. The van der Waals surface area contributed by atoms with Gasteiger partial charge in [-0.15, -0.1) is 0 Å². The molecule has 0 bridgehead atoms. The molecule has 0 aromatic rings. The van der Waals surface area contributed by atoms with Gasteiger partial charge in [-0.1, -0.05) is 41.5 Å². The molecule has 0 saturated carbocycles. The van der Waals surface area contributed by atoms with E-state index in [1.165, 1.54) is 41.5 Å². The third kappa shape index (κ3) is 9.53.